The van der Waals surface area contributed by atoms with Crippen molar-refractivity contribution in [3.05, 3.63) is 52.4 Å². The summed E-state index contributed by atoms with van der Waals surface area (Å²) in [6, 6.07) is 9.31. The lowest BCUT2D eigenvalue weighted by molar-refractivity contribution is 0.400. The van der Waals surface area contributed by atoms with E-state index >= 15 is 0 Å². The Balaban J connectivity index is 1.86. The molecule has 0 saturated heterocycles. The van der Waals surface area contributed by atoms with E-state index in [1.165, 1.54) is 0 Å². The van der Waals surface area contributed by atoms with E-state index in [0.29, 0.717) is 28.4 Å². The van der Waals surface area contributed by atoms with Crippen LogP contribution < -0.4 is 10.6 Å². The van der Waals surface area contributed by atoms with E-state index in [0.717, 1.165) is 16.9 Å². The molecule has 0 fully saturated rings. The van der Waals surface area contributed by atoms with Crippen LogP contribution in [0.2, 0.25) is 5.02 Å². The fraction of sp³-hybridized carbons (Fsp3) is 0.188. The Morgan fingerprint density at radius 1 is 0.957 bits per heavy atom. The molecular formula is C16H16ClN5O. The molecule has 1 aromatic carbocycles. The van der Waals surface area contributed by atoms with E-state index in [2.05, 4.69) is 25.8 Å². The molecule has 23 heavy (non-hydrogen) atoms. The first-order chi connectivity index (χ1) is 11.0. The lowest BCUT2D eigenvalue weighted by Gasteiger charge is -2.11. The molecule has 0 aliphatic carbocycles. The van der Waals surface area contributed by atoms with E-state index < -0.39 is 0 Å². The summed E-state index contributed by atoms with van der Waals surface area (Å²) in [5.74, 6) is 2.40. The Hall–Kier alpha value is -2.60. The number of anilines is 4. The summed E-state index contributed by atoms with van der Waals surface area (Å²) < 4.78 is 5.02. The third-order valence-corrected chi connectivity index (χ3v) is 3.42. The standard InChI is InChI=1S/C16H16ClN5O/c1-9-4-5-12(17)8-13(9)19-14-6-10(2)18-16(20-14)21-15-7-11(3)23-22-15/h4-8H,1-3H3,(H2,18,19,20,21,22). The average Bonchev–Trinajstić information content (AvgIpc) is 2.87. The van der Waals surface area contributed by atoms with Crippen LogP contribution in [0.15, 0.2) is 34.9 Å². The minimum Gasteiger partial charge on any atom is -0.360 e. The van der Waals surface area contributed by atoms with Gasteiger partial charge in [-0.25, -0.2) is 4.98 Å². The van der Waals surface area contributed by atoms with Gasteiger partial charge in [0.2, 0.25) is 5.95 Å². The number of hydrogen-bond donors (Lipinski definition) is 2. The second kappa shape index (κ2) is 6.26. The number of aromatic nitrogens is 3. The van der Waals surface area contributed by atoms with Crippen LogP contribution in [0.1, 0.15) is 17.0 Å². The first kappa shape index (κ1) is 15.3. The zero-order valence-electron chi connectivity index (χ0n) is 13.0. The van der Waals surface area contributed by atoms with Crippen molar-refractivity contribution in [3.8, 4) is 0 Å². The highest BCUT2D eigenvalue weighted by molar-refractivity contribution is 6.30. The summed E-state index contributed by atoms with van der Waals surface area (Å²) in [5, 5.41) is 10.8. The summed E-state index contributed by atoms with van der Waals surface area (Å²) in [7, 11) is 0. The molecule has 2 heterocycles. The van der Waals surface area contributed by atoms with Gasteiger partial charge in [-0.1, -0.05) is 22.8 Å². The maximum Gasteiger partial charge on any atom is 0.230 e. The van der Waals surface area contributed by atoms with Gasteiger partial charge in [0.1, 0.15) is 11.6 Å². The smallest absolute Gasteiger partial charge is 0.230 e. The molecule has 0 unspecified atom stereocenters. The maximum atomic E-state index is 6.05. The Morgan fingerprint density at radius 2 is 1.78 bits per heavy atom. The largest absolute Gasteiger partial charge is 0.360 e. The van der Waals surface area contributed by atoms with Crippen molar-refractivity contribution < 1.29 is 4.52 Å². The zero-order valence-corrected chi connectivity index (χ0v) is 13.8. The van der Waals surface area contributed by atoms with Gasteiger partial charge >= 0.3 is 0 Å². The topological polar surface area (TPSA) is 75.9 Å². The Labute approximate surface area is 138 Å². The summed E-state index contributed by atoms with van der Waals surface area (Å²) in [4.78, 5) is 8.80. The lowest BCUT2D eigenvalue weighted by atomic mass is 10.2. The van der Waals surface area contributed by atoms with E-state index in [9.17, 15) is 0 Å². The molecular weight excluding hydrogens is 314 g/mol. The molecule has 0 bridgehead atoms. The Kier molecular flexibility index (Phi) is 4.16. The SMILES string of the molecule is Cc1cc(Nc2cc(Cl)ccc2C)nc(Nc2cc(C)on2)n1. The van der Waals surface area contributed by atoms with Crippen LogP contribution in [0, 0.1) is 20.8 Å². The van der Waals surface area contributed by atoms with Crippen molar-refractivity contribution in [3.63, 3.8) is 0 Å². The molecule has 0 spiro atoms. The molecule has 0 saturated carbocycles. The fourth-order valence-electron chi connectivity index (χ4n) is 2.10. The van der Waals surface area contributed by atoms with E-state index in [4.69, 9.17) is 16.1 Å². The minimum atomic E-state index is 0.445. The van der Waals surface area contributed by atoms with E-state index in [1.54, 1.807) is 6.07 Å². The third kappa shape index (κ3) is 3.78. The van der Waals surface area contributed by atoms with Gasteiger partial charge in [-0.3, -0.25) is 0 Å². The molecule has 2 aromatic heterocycles. The van der Waals surface area contributed by atoms with Gasteiger partial charge in [-0.15, -0.1) is 0 Å². The number of aryl methyl sites for hydroxylation is 3. The van der Waals surface area contributed by atoms with Crippen LogP contribution in [0.5, 0.6) is 0 Å². The predicted octanol–water partition coefficient (Wildman–Crippen LogP) is 4.53. The summed E-state index contributed by atoms with van der Waals surface area (Å²) >= 11 is 6.05. The number of nitrogens with one attached hydrogen (secondary N) is 2. The summed E-state index contributed by atoms with van der Waals surface area (Å²) in [6.07, 6.45) is 0. The molecule has 3 aromatic rings. The number of benzene rings is 1. The Morgan fingerprint density at radius 3 is 2.52 bits per heavy atom. The van der Waals surface area contributed by atoms with Gasteiger partial charge in [0.25, 0.3) is 0 Å². The normalized spacial score (nSPS) is 10.6. The fourth-order valence-corrected chi connectivity index (χ4v) is 2.27. The van der Waals surface area contributed by atoms with Crippen molar-refractivity contribution in [1.29, 1.82) is 0 Å². The number of halogens is 1. The summed E-state index contributed by atoms with van der Waals surface area (Å²) in [5.41, 5.74) is 2.80. The van der Waals surface area contributed by atoms with Gasteiger partial charge in [-0.05, 0) is 38.5 Å². The molecule has 6 nitrogen and oxygen atoms in total. The molecule has 0 atom stereocenters. The second-order valence-electron chi connectivity index (χ2n) is 5.25. The molecule has 0 aliphatic heterocycles. The van der Waals surface area contributed by atoms with E-state index in [-0.39, 0.29) is 0 Å². The van der Waals surface area contributed by atoms with Crippen molar-refractivity contribution in [1.82, 2.24) is 15.1 Å². The molecule has 118 valence electrons. The third-order valence-electron chi connectivity index (χ3n) is 3.18. The average molecular weight is 330 g/mol. The zero-order chi connectivity index (χ0) is 16.4. The van der Waals surface area contributed by atoms with Crippen LogP contribution >= 0.6 is 11.6 Å². The molecule has 0 aliphatic rings. The van der Waals surface area contributed by atoms with Gasteiger partial charge in [0.05, 0.1) is 0 Å². The lowest BCUT2D eigenvalue weighted by Crippen LogP contribution is -2.03. The van der Waals surface area contributed by atoms with Crippen molar-refractivity contribution in [2.45, 2.75) is 20.8 Å². The molecule has 3 rings (SSSR count). The molecule has 0 radical (unpaired) electrons. The second-order valence-corrected chi connectivity index (χ2v) is 5.69. The highest BCUT2D eigenvalue weighted by atomic mass is 35.5. The van der Waals surface area contributed by atoms with Gasteiger partial charge in [0.15, 0.2) is 5.82 Å². The Bertz CT molecular complexity index is 846. The predicted molar refractivity (Wildman–Crippen MR) is 90.8 cm³/mol. The van der Waals surface area contributed by atoms with Crippen LogP contribution in [0.25, 0.3) is 0 Å². The van der Waals surface area contributed by atoms with Crippen molar-refractivity contribution in [2.24, 2.45) is 0 Å². The van der Waals surface area contributed by atoms with Crippen molar-refractivity contribution in [2.75, 3.05) is 10.6 Å². The molecule has 0 amide bonds. The molecule has 2 N–H and O–H groups in total. The first-order valence-corrected chi connectivity index (χ1v) is 7.46. The number of nitrogens with zero attached hydrogens (tertiary/aromatic N) is 3. The molecule has 7 heteroatoms. The minimum absolute atomic E-state index is 0.445. The highest BCUT2D eigenvalue weighted by Gasteiger charge is 2.07. The first-order valence-electron chi connectivity index (χ1n) is 7.09. The van der Waals surface area contributed by atoms with Crippen LogP contribution in [0.3, 0.4) is 0 Å². The van der Waals surface area contributed by atoms with Gasteiger partial charge < -0.3 is 15.2 Å². The van der Waals surface area contributed by atoms with Crippen molar-refractivity contribution >= 4 is 34.9 Å². The highest BCUT2D eigenvalue weighted by Crippen LogP contribution is 2.24. The number of rotatable bonds is 4. The van der Waals surface area contributed by atoms with E-state index in [1.807, 2.05) is 45.0 Å². The van der Waals surface area contributed by atoms with Gasteiger partial charge in [0, 0.05) is 28.5 Å². The van der Waals surface area contributed by atoms with Crippen LogP contribution in [0.4, 0.5) is 23.3 Å². The van der Waals surface area contributed by atoms with Crippen LogP contribution in [-0.2, 0) is 0 Å². The van der Waals surface area contributed by atoms with Gasteiger partial charge in [-0.2, -0.15) is 4.98 Å². The van der Waals surface area contributed by atoms with Crippen LogP contribution in [-0.4, -0.2) is 15.1 Å². The number of hydrogen-bond acceptors (Lipinski definition) is 6. The summed E-state index contributed by atoms with van der Waals surface area (Å²) in [6.45, 7) is 5.73. The quantitative estimate of drug-likeness (QED) is 0.732. The maximum absolute atomic E-state index is 6.05. The monoisotopic (exact) mass is 329 g/mol.